The van der Waals surface area contributed by atoms with E-state index in [4.69, 9.17) is 0 Å². The Morgan fingerprint density at radius 1 is 1.19 bits per heavy atom. The molecule has 1 unspecified atom stereocenters. The van der Waals surface area contributed by atoms with E-state index < -0.39 is 0 Å². The number of aromatic nitrogens is 2. The van der Waals surface area contributed by atoms with Crippen molar-refractivity contribution in [3.05, 3.63) is 47.8 Å². The monoisotopic (exact) mass is 285 g/mol. The second-order valence-corrected chi connectivity index (χ2v) is 5.27. The summed E-state index contributed by atoms with van der Waals surface area (Å²) in [5.41, 5.74) is 1.83. The summed E-state index contributed by atoms with van der Waals surface area (Å²) in [5.74, 6) is 0.693. The average molecular weight is 285 g/mol. The number of aromatic hydroxyl groups is 1. The fraction of sp³-hybridized carbons (Fsp3) is 0.412. The molecule has 2 rings (SSSR count). The van der Waals surface area contributed by atoms with Crippen LogP contribution in [-0.4, -0.2) is 15.1 Å². The van der Waals surface area contributed by atoms with E-state index in [2.05, 4.69) is 34.3 Å². The van der Waals surface area contributed by atoms with E-state index in [0.717, 1.165) is 6.42 Å². The Labute approximate surface area is 126 Å². The van der Waals surface area contributed by atoms with Crippen molar-refractivity contribution in [2.45, 2.75) is 45.6 Å². The van der Waals surface area contributed by atoms with Crippen molar-refractivity contribution in [3.8, 4) is 5.75 Å². The molecule has 21 heavy (non-hydrogen) atoms. The fourth-order valence-corrected chi connectivity index (χ4v) is 2.29. The van der Waals surface area contributed by atoms with Crippen molar-refractivity contribution in [3.63, 3.8) is 0 Å². The number of hydrogen-bond donors (Lipinski definition) is 2. The van der Waals surface area contributed by atoms with Gasteiger partial charge in [0.25, 0.3) is 0 Å². The van der Waals surface area contributed by atoms with Crippen molar-refractivity contribution in [2.75, 3.05) is 5.32 Å². The minimum Gasteiger partial charge on any atom is -0.504 e. The van der Waals surface area contributed by atoms with Crippen LogP contribution in [0.25, 0.3) is 0 Å². The molecule has 0 saturated carbocycles. The van der Waals surface area contributed by atoms with Crippen LogP contribution in [0.2, 0.25) is 0 Å². The van der Waals surface area contributed by atoms with Crippen LogP contribution < -0.4 is 5.32 Å². The van der Waals surface area contributed by atoms with E-state index in [9.17, 15) is 5.11 Å². The van der Waals surface area contributed by atoms with Crippen LogP contribution in [0.3, 0.4) is 0 Å². The van der Waals surface area contributed by atoms with Gasteiger partial charge in [0.05, 0.1) is 17.9 Å². The number of rotatable bonds is 7. The Kier molecular flexibility index (Phi) is 5.55. The van der Waals surface area contributed by atoms with E-state index >= 15 is 0 Å². The van der Waals surface area contributed by atoms with Crippen molar-refractivity contribution >= 4 is 5.95 Å². The number of unbranched alkanes of at least 4 members (excludes halogenated alkanes) is 2. The molecule has 0 amide bonds. The maximum atomic E-state index is 9.52. The topological polar surface area (TPSA) is 58.0 Å². The lowest BCUT2D eigenvalue weighted by Crippen LogP contribution is -2.13. The first kappa shape index (κ1) is 15.3. The van der Waals surface area contributed by atoms with Crippen LogP contribution in [-0.2, 0) is 0 Å². The third kappa shape index (κ3) is 4.45. The molecule has 0 spiro atoms. The summed E-state index contributed by atoms with van der Waals surface area (Å²) in [5, 5.41) is 12.9. The van der Waals surface area contributed by atoms with Gasteiger partial charge in [-0.15, -0.1) is 0 Å². The summed E-state index contributed by atoms with van der Waals surface area (Å²) in [6.07, 6.45) is 6.08. The molecule has 4 nitrogen and oxygen atoms in total. The first-order valence-corrected chi connectivity index (χ1v) is 7.54. The Morgan fingerprint density at radius 3 is 2.62 bits per heavy atom. The van der Waals surface area contributed by atoms with Crippen LogP contribution in [0.4, 0.5) is 5.95 Å². The van der Waals surface area contributed by atoms with E-state index in [-0.39, 0.29) is 11.8 Å². The summed E-state index contributed by atoms with van der Waals surface area (Å²) < 4.78 is 0. The number of nitrogens with zero attached hydrogens (tertiary/aromatic N) is 2. The van der Waals surface area contributed by atoms with E-state index in [0.29, 0.717) is 11.6 Å². The lowest BCUT2D eigenvalue weighted by Gasteiger charge is -2.19. The molecule has 2 aromatic rings. The highest BCUT2D eigenvalue weighted by atomic mass is 16.3. The summed E-state index contributed by atoms with van der Waals surface area (Å²) in [7, 11) is 0. The highest BCUT2D eigenvalue weighted by molar-refractivity contribution is 5.35. The number of aryl methyl sites for hydroxylation is 1. The van der Waals surface area contributed by atoms with Crippen LogP contribution >= 0.6 is 0 Å². The summed E-state index contributed by atoms with van der Waals surface area (Å²) in [6, 6.07) is 10.6. The van der Waals surface area contributed by atoms with Gasteiger partial charge in [0.15, 0.2) is 5.75 Å². The zero-order valence-electron chi connectivity index (χ0n) is 12.7. The predicted octanol–water partition coefficient (Wildman–Crippen LogP) is 4.22. The molecule has 0 radical (unpaired) electrons. The quantitative estimate of drug-likeness (QED) is 0.748. The standard InChI is InChI=1S/C17H23N3O/c1-3-4-6-11-15(14-9-7-5-8-10-14)20-17-18-12-16(21)13(2)19-17/h5,7-10,12,15,21H,3-4,6,11H2,1-2H3,(H,18,19,20). The molecule has 0 aliphatic carbocycles. The number of hydrogen-bond acceptors (Lipinski definition) is 4. The Balaban J connectivity index is 2.13. The second kappa shape index (κ2) is 7.62. The molecule has 0 aliphatic rings. The van der Waals surface area contributed by atoms with Crippen molar-refractivity contribution in [2.24, 2.45) is 0 Å². The zero-order chi connectivity index (χ0) is 15.1. The van der Waals surface area contributed by atoms with Gasteiger partial charge in [0.2, 0.25) is 5.95 Å². The first-order chi connectivity index (χ1) is 10.2. The summed E-state index contributed by atoms with van der Waals surface area (Å²) >= 11 is 0. The summed E-state index contributed by atoms with van der Waals surface area (Å²) in [4.78, 5) is 8.45. The summed E-state index contributed by atoms with van der Waals surface area (Å²) in [6.45, 7) is 3.98. The fourth-order valence-electron chi connectivity index (χ4n) is 2.29. The Bertz CT molecular complexity index is 557. The van der Waals surface area contributed by atoms with Crippen LogP contribution in [0.15, 0.2) is 36.5 Å². The SMILES string of the molecule is CCCCCC(Nc1ncc(O)c(C)n1)c1ccccc1. The molecule has 1 atom stereocenters. The van der Waals surface area contributed by atoms with Gasteiger partial charge in [-0.2, -0.15) is 0 Å². The van der Waals surface area contributed by atoms with Crippen molar-refractivity contribution < 1.29 is 5.11 Å². The van der Waals surface area contributed by atoms with Crippen molar-refractivity contribution in [1.82, 2.24) is 9.97 Å². The molecule has 1 heterocycles. The maximum absolute atomic E-state index is 9.52. The molecule has 1 aromatic heterocycles. The normalized spacial score (nSPS) is 12.1. The van der Waals surface area contributed by atoms with Gasteiger partial charge >= 0.3 is 0 Å². The Morgan fingerprint density at radius 2 is 1.95 bits per heavy atom. The minimum atomic E-state index is 0.128. The lowest BCUT2D eigenvalue weighted by molar-refractivity contribution is 0.464. The Hall–Kier alpha value is -2.10. The minimum absolute atomic E-state index is 0.128. The van der Waals surface area contributed by atoms with Crippen LogP contribution in [0.5, 0.6) is 5.75 Å². The second-order valence-electron chi connectivity index (χ2n) is 5.27. The molecule has 4 heteroatoms. The molecule has 0 fully saturated rings. The maximum Gasteiger partial charge on any atom is 0.223 e. The number of benzene rings is 1. The zero-order valence-corrected chi connectivity index (χ0v) is 12.7. The van der Waals surface area contributed by atoms with E-state index in [1.54, 1.807) is 6.92 Å². The third-order valence-corrected chi connectivity index (χ3v) is 3.56. The van der Waals surface area contributed by atoms with Crippen molar-refractivity contribution in [1.29, 1.82) is 0 Å². The van der Waals surface area contributed by atoms with E-state index in [1.165, 1.54) is 31.0 Å². The third-order valence-electron chi connectivity index (χ3n) is 3.56. The molecular formula is C17H23N3O. The van der Waals surface area contributed by atoms with E-state index in [1.807, 2.05) is 18.2 Å². The van der Waals surface area contributed by atoms with Gasteiger partial charge in [-0.05, 0) is 18.9 Å². The number of anilines is 1. The predicted molar refractivity (Wildman–Crippen MR) is 85.4 cm³/mol. The first-order valence-electron chi connectivity index (χ1n) is 7.54. The largest absolute Gasteiger partial charge is 0.504 e. The molecule has 0 aliphatic heterocycles. The number of nitrogens with one attached hydrogen (secondary N) is 1. The van der Waals surface area contributed by atoms with Gasteiger partial charge in [-0.3, -0.25) is 0 Å². The smallest absolute Gasteiger partial charge is 0.223 e. The van der Waals surface area contributed by atoms with Gasteiger partial charge in [0.1, 0.15) is 0 Å². The van der Waals surface area contributed by atoms with Gasteiger partial charge in [-0.25, -0.2) is 9.97 Å². The van der Waals surface area contributed by atoms with Gasteiger partial charge in [0, 0.05) is 0 Å². The molecule has 1 aromatic carbocycles. The molecular weight excluding hydrogens is 262 g/mol. The van der Waals surface area contributed by atoms with Gasteiger partial charge in [-0.1, -0.05) is 56.5 Å². The molecule has 0 saturated heterocycles. The molecule has 112 valence electrons. The molecule has 0 bridgehead atoms. The highest BCUT2D eigenvalue weighted by Crippen LogP contribution is 2.24. The highest BCUT2D eigenvalue weighted by Gasteiger charge is 2.12. The van der Waals surface area contributed by atoms with Gasteiger partial charge < -0.3 is 10.4 Å². The van der Waals surface area contributed by atoms with Crippen LogP contribution in [0.1, 0.15) is 49.9 Å². The molecule has 2 N–H and O–H groups in total. The lowest BCUT2D eigenvalue weighted by atomic mass is 10.0. The average Bonchev–Trinajstić information content (AvgIpc) is 2.51. The van der Waals surface area contributed by atoms with Crippen LogP contribution in [0, 0.1) is 6.92 Å².